The van der Waals surface area contributed by atoms with E-state index in [4.69, 9.17) is 0 Å². The van der Waals surface area contributed by atoms with Gasteiger partial charge in [-0.05, 0) is 64.1 Å². The lowest BCUT2D eigenvalue weighted by Gasteiger charge is -2.11. The highest BCUT2D eigenvalue weighted by molar-refractivity contribution is 6.08. The van der Waals surface area contributed by atoms with Crippen LogP contribution in [0.15, 0.2) is 116 Å². The molecule has 33 heavy (non-hydrogen) atoms. The van der Waals surface area contributed by atoms with Crippen LogP contribution in [-0.2, 0) is 0 Å². The molecule has 2 nitrogen and oxygen atoms in total. The molecule has 2 aromatic heterocycles. The lowest BCUT2D eigenvalue weighted by atomic mass is 9.94. The van der Waals surface area contributed by atoms with E-state index in [1.165, 1.54) is 38.9 Å². The van der Waals surface area contributed by atoms with Crippen molar-refractivity contribution in [1.82, 2.24) is 9.97 Å². The third kappa shape index (κ3) is 3.56. The molecule has 0 N–H and O–H groups in total. The van der Waals surface area contributed by atoms with Crippen LogP contribution >= 0.6 is 0 Å². The Bertz CT molecular complexity index is 1600. The zero-order valence-corrected chi connectivity index (χ0v) is 18.4. The van der Waals surface area contributed by atoms with Crippen molar-refractivity contribution < 1.29 is 0 Å². The number of benzene rings is 4. The van der Waals surface area contributed by atoms with E-state index in [0.717, 1.165) is 21.8 Å². The predicted molar refractivity (Wildman–Crippen MR) is 138 cm³/mol. The Morgan fingerprint density at radius 2 is 1.18 bits per heavy atom. The average Bonchev–Trinajstić information content (AvgIpc) is 2.88. The summed E-state index contributed by atoms with van der Waals surface area (Å²) in [6.07, 6.45) is 3.71. The fourth-order valence-corrected chi connectivity index (χ4v) is 4.59. The Labute approximate surface area is 193 Å². The van der Waals surface area contributed by atoms with Crippen LogP contribution in [0.1, 0.15) is 5.56 Å². The van der Waals surface area contributed by atoms with E-state index in [1.54, 1.807) is 0 Å². The van der Waals surface area contributed by atoms with Crippen LogP contribution in [0.5, 0.6) is 0 Å². The lowest BCUT2D eigenvalue weighted by molar-refractivity contribution is 1.37. The molecule has 0 spiro atoms. The van der Waals surface area contributed by atoms with Crippen molar-refractivity contribution in [3.05, 3.63) is 121 Å². The van der Waals surface area contributed by atoms with E-state index in [0.29, 0.717) is 0 Å². The van der Waals surface area contributed by atoms with Gasteiger partial charge >= 0.3 is 0 Å². The molecule has 0 atom stereocenters. The van der Waals surface area contributed by atoms with E-state index >= 15 is 0 Å². The zero-order chi connectivity index (χ0) is 22.2. The Balaban J connectivity index is 1.42. The molecule has 6 rings (SSSR count). The minimum absolute atomic E-state index is 0.945. The van der Waals surface area contributed by atoms with Gasteiger partial charge in [0.05, 0.1) is 11.0 Å². The quantitative estimate of drug-likeness (QED) is 0.269. The van der Waals surface area contributed by atoms with Gasteiger partial charge in [0.15, 0.2) is 0 Å². The maximum atomic E-state index is 4.65. The number of rotatable bonds is 3. The number of aryl methyl sites for hydroxylation is 1. The largest absolute Gasteiger partial charge is 0.254 e. The van der Waals surface area contributed by atoms with Gasteiger partial charge in [0.25, 0.3) is 0 Å². The van der Waals surface area contributed by atoms with Crippen molar-refractivity contribution in [2.24, 2.45) is 0 Å². The minimum atomic E-state index is 0.945. The third-order valence-electron chi connectivity index (χ3n) is 6.20. The van der Waals surface area contributed by atoms with E-state index in [1.807, 2.05) is 18.5 Å². The summed E-state index contributed by atoms with van der Waals surface area (Å²) in [5.41, 5.74) is 10.4. The first-order valence-electron chi connectivity index (χ1n) is 11.2. The number of hydrogen-bond donors (Lipinski definition) is 0. The molecule has 0 fully saturated rings. The maximum absolute atomic E-state index is 4.65. The van der Waals surface area contributed by atoms with Gasteiger partial charge in [-0.1, -0.05) is 84.9 Å². The van der Waals surface area contributed by atoms with Gasteiger partial charge in [-0.2, -0.15) is 0 Å². The van der Waals surface area contributed by atoms with Crippen LogP contribution in [0, 0.1) is 6.92 Å². The van der Waals surface area contributed by atoms with Crippen LogP contribution in [0.3, 0.4) is 0 Å². The average molecular weight is 423 g/mol. The van der Waals surface area contributed by atoms with Crippen LogP contribution in [-0.4, -0.2) is 9.97 Å². The molecule has 0 amide bonds. The molecular formula is C31H22N2. The Kier molecular flexibility index (Phi) is 4.70. The summed E-state index contributed by atoms with van der Waals surface area (Å²) < 4.78 is 0. The second kappa shape index (κ2) is 7.99. The highest BCUT2D eigenvalue weighted by atomic mass is 14.7. The minimum Gasteiger partial charge on any atom is -0.254 e. The summed E-state index contributed by atoms with van der Waals surface area (Å²) in [5, 5.41) is 2.23. The molecule has 0 bridgehead atoms. The number of nitrogens with zero attached hydrogens (tertiary/aromatic N) is 2. The SMILES string of the molecule is Cc1cc(-c2ccccc2)cc(-c2ccc(-c3ccnc4c3ccc3cccnc34)cc2)c1. The van der Waals surface area contributed by atoms with Gasteiger partial charge in [0.1, 0.15) is 0 Å². The monoisotopic (exact) mass is 422 g/mol. The van der Waals surface area contributed by atoms with Gasteiger partial charge in [0, 0.05) is 23.2 Å². The first kappa shape index (κ1) is 19.4. The van der Waals surface area contributed by atoms with Gasteiger partial charge in [0.2, 0.25) is 0 Å². The molecule has 0 aliphatic rings. The first-order chi connectivity index (χ1) is 16.3. The van der Waals surface area contributed by atoms with E-state index in [9.17, 15) is 0 Å². The number of hydrogen-bond acceptors (Lipinski definition) is 2. The Morgan fingerprint density at radius 1 is 0.485 bits per heavy atom. The summed E-state index contributed by atoms with van der Waals surface area (Å²) in [5.74, 6) is 0. The van der Waals surface area contributed by atoms with Crippen molar-refractivity contribution in [3.8, 4) is 33.4 Å². The van der Waals surface area contributed by atoms with Crippen molar-refractivity contribution in [1.29, 1.82) is 0 Å². The van der Waals surface area contributed by atoms with Crippen molar-refractivity contribution in [2.45, 2.75) is 6.92 Å². The second-order valence-electron chi connectivity index (χ2n) is 8.43. The summed E-state index contributed by atoms with van der Waals surface area (Å²) in [6, 6.07) is 36.6. The molecule has 6 aromatic rings. The summed E-state index contributed by atoms with van der Waals surface area (Å²) in [7, 11) is 0. The van der Waals surface area contributed by atoms with E-state index in [-0.39, 0.29) is 0 Å². The molecular weight excluding hydrogens is 400 g/mol. The van der Waals surface area contributed by atoms with E-state index in [2.05, 4.69) is 114 Å². The first-order valence-corrected chi connectivity index (χ1v) is 11.2. The molecule has 4 aromatic carbocycles. The molecule has 0 aliphatic carbocycles. The maximum Gasteiger partial charge on any atom is 0.0970 e. The Morgan fingerprint density at radius 3 is 1.97 bits per heavy atom. The zero-order valence-electron chi connectivity index (χ0n) is 18.4. The van der Waals surface area contributed by atoms with Crippen molar-refractivity contribution >= 4 is 21.8 Å². The van der Waals surface area contributed by atoms with E-state index < -0.39 is 0 Å². The van der Waals surface area contributed by atoms with Crippen LogP contribution in [0.25, 0.3) is 55.2 Å². The molecule has 0 saturated carbocycles. The smallest absolute Gasteiger partial charge is 0.0970 e. The van der Waals surface area contributed by atoms with Gasteiger partial charge in [-0.25, -0.2) is 0 Å². The number of aromatic nitrogens is 2. The van der Waals surface area contributed by atoms with Crippen molar-refractivity contribution in [3.63, 3.8) is 0 Å². The van der Waals surface area contributed by atoms with Crippen LogP contribution in [0.2, 0.25) is 0 Å². The summed E-state index contributed by atoms with van der Waals surface area (Å²) >= 11 is 0. The molecule has 156 valence electrons. The number of fused-ring (bicyclic) bond motifs is 3. The summed E-state index contributed by atoms with van der Waals surface area (Å²) in [6.45, 7) is 2.16. The fraction of sp³-hybridized carbons (Fsp3) is 0.0323. The predicted octanol–water partition coefficient (Wildman–Crippen LogP) is 8.09. The Hall–Kier alpha value is -4.30. The lowest BCUT2D eigenvalue weighted by Crippen LogP contribution is -1.88. The molecule has 0 radical (unpaired) electrons. The molecule has 2 heterocycles. The van der Waals surface area contributed by atoms with Crippen LogP contribution < -0.4 is 0 Å². The van der Waals surface area contributed by atoms with Crippen molar-refractivity contribution in [2.75, 3.05) is 0 Å². The summed E-state index contributed by atoms with van der Waals surface area (Å²) in [4.78, 5) is 9.22. The topological polar surface area (TPSA) is 25.8 Å². The molecule has 2 heteroatoms. The van der Waals surface area contributed by atoms with Gasteiger partial charge < -0.3 is 0 Å². The fourth-order valence-electron chi connectivity index (χ4n) is 4.59. The molecule has 0 saturated heterocycles. The third-order valence-corrected chi connectivity index (χ3v) is 6.20. The van der Waals surface area contributed by atoms with Gasteiger partial charge in [-0.15, -0.1) is 0 Å². The van der Waals surface area contributed by atoms with Crippen LogP contribution in [0.4, 0.5) is 0 Å². The molecule has 0 unspecified atom stereocenters. The molecule has 0 aliphatic heterocycles. The second-order valence-corrected chi connectivity index (χ2v) is 8.43. The van der Waals surface area contributed by atoms with Gasteiger partial charge in [-0.3, -0.25) is 9.97 Å². The normalized spacial score (nSPS) is 11.2. The standard InChI is InChI=1S/C31H22N2/c1-21-18-26(22-6-3-2-4-7-22)20-27(19-21)23-9-11-24(12-10-23)28-15-17-33-31-29(28)14-13-25-8-5-16-32-30(25)31/h2-20H,1H3. The highest BCUT2D eigenvalue weighted by Gasteiger charge is 2.09. The number of pyridine rings is 2. The highest BCUT2D eigenvalue weighted by Crippen LogP contribution is 2.33.